The number of nitrogens with one attached hydrogen (secondary N) is 3. The van der Waals surface area contributed by atoms with Crippen LogP contribution in [0.25, 0.3) is 0 Å². The minimum atomic E-state index is -1.73. The lowest BCUT2D eigenvalue weighted by molar-refractivity contribution is -0.147. The summed E-state index contributed by atoms with van der Waals surface area (Å²) >= 11 is 0. The first-order valence-corrected chi connectivity index (χ1v) is 12.4. The van der Waals surface area contributed by atoms with Crippen molar-refractivity contribution >= 4 is 29.7 Å². The second-order valence-corrected chi connectivity index (χ2v) is 9.51. The number of carboxylic acid groups (broad SMARTS) is 2. The van der Waals surface area contributed by atoms with Crippen molar-refractivity contribution in [2.24, 2.45) is 17.4 Å². The van der Waals surface area contributed by atoms with E-state index in [1.807, 2.05) is 13.8 Å². The predicted octanol–water partition coefficient (Wildman–Crippen LogP) is -0.549. The van der Waals surface area contributed by atoms with Crippen LogP contribution in [-0.4, -0.2) is 75.7 Å². The van der Waals surface area contributed by atoms with Crippen LogP contribution in [-0.2, 0) is 30.4 Å². The van der Waals surface area contributed by atoms with Gasteiger partial charge >= 0.3 is 11.9 Å². The highest BCUT2D eigenvalue weighted by molar-refractivity contribution is 5.94. The molecule has 10 N–H and O–H groups in total. The van der Waals surface area contributed by atoms with Crippen molar-refractivity contribution in [1.29, 1.82) is 0 Å². The van der Waals surface area contributed by atoms with Gasteiger partial charge in [0.2, 0.25) is 17.7 Å². The fourth-order valence-corrected chi connectivity index (χ4v) is 3.62. The van der Waals surface area contributed by atoms with Crippen LogP contribution in [0.1, 0.15) is 51.5 Å². The van der Waals surface area contributed by atoms with Crippen LogP contribution in [0.5, 0.6) is 5.75 Å². The summed E-state index contributed by atoms with van der Waals surface area (Å²) in [6, 6.07) is 0.863. The van der Waals surface area contributed by atoms with Crippen LogP contribution in [0.2, 0.25) is 0 Å². The quantitative estimate of drug-likeness (QED) is 0.118. The van der Waals surface area contributed by atoms with Gasteiger partial charge in [-0.05, 0) is 49.4 Å². The summed E-state index contributed by atoms with van der Waals surface area (Å²) < 4.78 is 0. The molecule has 0 spiro atoms. The number of carbonyl (C=O) groups excluding carboxylic acids is 3. The number of amides is 3. The number of carboxylic acids is 2. The van der Waals surface area contributed by atoms with Crippen LogP contribution in [0.3, 0.4) is 0 Å². The Hall–Kier alpha value is -3.71. The number of benzene rings is 1. The van der Waals surface area contributed by atoms with Gasteiger partial charge in [-0.25, -0.2) is 4.79 Å². The van der Waals surface area contributed by atoms with Crippen molar-refractivity contribution in [2.45, 2.75) is 76.5 Å². The van der Waals surface area contributed by atoms with Crippen molar-refractivity contribution in [2.75, 3.05) is 6.54 Å². The molecule has 0 saturated heterocycles. The lowest BCUT2D eigenvalue weighted by Gasteiger charge is -2.26. The highest BCUT2D eigenvalue weighted by Crippen LogP contribution is 2.13. The van der Waals surface area contributed by atoms with Crippen molar-refractivity contribution in [3.63, 3.8) is 0 Å². The molecule has 0 saturated carbocycles. The van der Waals surface area contributed by atoms with E-state index in [0.717, 1.165) is 0 Å². The van der Waals surface area contributed by atoms with Crippen molar-refractivity contribution in [3.8, 4) is 5.75 Å². The van der Waals surface area contributed by atoms with E-state index in [-0.39, 0.29) is 24.5 Å². The maximum Gasteiger partial charge on any atom is 0.326 e. The van der Waals surface area contributed by atoms with Crippen molar-refractivity contribution in [3.05, 3.63) is 29.8 Å². The summed E-state index contributed by atoms with van der Waals surface area (Å²) in [4.78, 5) is 61.4. The molecule has 13 nitrogen and oxygen atoms in total. The number of hydrogen-bond acceptors (Lipinski definition) is 8. The van der Waals surface area contributed by atoms with E-state index >= 15 is 0 Å². The predicted molar refractivity (Wildman–Crippen MR) is 138 cm³/mol. The van der Waals surface area contributed by atoms with Crippen LogP contribution < -0.4 is 27.4 Å². The molecule has 0 radical (unpaired) electrons. The Labute approximate surface area is 221 Å². The van der Waals surface area contributed by atoms with Gasteiger partial charge in [-0.1, -0.05) is 32.4 Å². The van der Waals surface area contributed by atoms with E-state index in [9.17, 15) is 34.2 Å². The molecule has 1 aromatic rings. The topological polar surface area (TPSA) is 234 Å². The number of rotatable bonds is 17. The van der Waals surface area contributed by atoms with E-state index in [1.165, 1.54) is 24.3 Å². The van der Waals surface area contributed by atoms with Gasteiger partial charge in [0.05, 0.1) is 12.5 Å². The third-order valence-corrected chi connectivity index (χ3v) is 5.65. The van der Waals surface area contributed by atoms with Gasteiger partial charge in [-0.15, -0.1) is 0 Å². The molecular formula is C25H39N5O8. The number of unbranched alkanes of at least 4 members (excludes halogenated alkanes) is 1. The lowest BCUT2D eigenvalue weighted by atomic mass is 10.00. The first-order chi connectivity index (χ1) is 17.8. The average molecular weight is 538 g/mol. The number of nitrogens with two attached hydrogens (primary N) is 2. The van der Waals surface area contributed by atoms with Gasteiger partial charge in [-0.2, -0.15) is 0 Å². The molecule has 1 aromatic carbocycles. The Morgan fingerprint density at radius 1 is 0.842 bits per heavy atom. The SMILES string of the molecule is CC(C)CC(NC(=O)C(N)CCCCN)C(=O)NC(Cc1ccc(O)cc1)C(=O)NC(CC(=O)O)C(=O)O. The van der Waals surface area contributed by atoms with E-state index < -0.39 is 60.2 Å². The number of aromatic hydroxyl groups is 1. The molecule has 0 bridgehead atoms. The summed E-state index contributed by atoms with van der Waals surface area (Å²) in [5.74, 6) is -5.17. The Kier molecular flexibility index (Phi) is 13.8. The van der Waals surface area contributed by atoms with E-state index in [2.05, 4.69) is 16.0 Å². The monoisotopic (exact) mass is 537 g/mol. The van der Waals surface area contributed by atoms with Crippen LogP contribution in [0.15, 0.2) is 24.3 Å². The molecule has 3 amide bonds. The molecule has 0 fully saturated rings. The van der Waals surface area contributed by atoms with Gasteiger partial charge in [0, 0.05) is 6.42 Å². The van der Waals surface area contributed by atoms with Crippen LogP contribution in [0.4, 0.5) is 0 Å². The van der Waals surface area contributed by atoms with Gasteiger partial charge < -0.3 is 42.7 Å². The summed E-state index contributed by atoms with van der Waals surface area (Å²) in [5.41, 5.74) is 11.9. The standard InChI is InChI=1S/C25H39N5O8/c1-14(2)11-18(28-22(34)17(27)5-3-4-10-26)23(35)29-19(12-15-6-8-16(31)9-7-15)24(36)30-20(25(37)38)13-21(32)33/h6-9,14,17-20,31H,3-5,10-13,26-27H2,1-2H3,(H,28,34)(H,29,35)(H,30,36)(H,32,33)(H,37,38). The molecule has 1 rings (SSSR count). The van der Waals surface area contributed by atoms with Crippen LogP contribution >= 0.6 is 0 Å². The van der Waals surface area contributed by atoms with Gasteiger partial charge in [0.15, 0.2) is 0 Å². The lowest BCUT2D eigenvalue weighted by Crippen LogP contribution is -2.58. The Bertz CT molecular complexity index is 954. The Morgan fingerprint density at radius 2 is 1.39 bits per heavy atom. The second kappa shape index (κ2) is 16.2. The molecule has 0 aliphatic carbocycles. The summed E-state index contributed by atoms with van der Waals surface area (Å²) in [7, 11) is 0. The maximum absolute atomic E-state index is 13.2. The Morgan fingerprint density at radius 3 is 1.92 bits per heavy atom. The normalized spacial score (nSPS) is 14.1. The fraction of sp³-hybridized carbons (Fsp3) is 0.560. The molecule has 212 valence electrons. The van der Waals surface area contributed by atoms with E-state index in [4.69, 9.17) is 16.6 Å². The maximum atomic E-state index is 13.2. The minimum absolute atomic E-state index is 0.0177. The zero-order valence-electron chi connectivity index (χ0n) is 21.7. The minimum Gasteiger partial charge on any atom is -0.508 e. The highest BCUT2D eigenvalue weighted by atomic mass is 16.4. The summed E-state index contributed by atoms with van der Waals surface area (Å²) in [6.45, 7) is 4.15. The number of hydrogen-bond donors (Lipinski definition) is 8. The molecule has 13 heteroatoms. The number of carbonyl (C=O) groups is 5. The number of aliphatic carboxylic acids is 2. The van der Waals surface area contributed by atoms with E-state index in [1.54, 1.807) is 0 Å². The van der Waals surface area contributed by atoms with Gasteiger partial charge in [0.1, 0.15) is 23.9 Å². The molecule has 0 aliphatic rings. The summed E-state index contributed by atoms with van der Waals surface area (Å²) in [6.07, 6.45) is 0.988. The molecular weight excluding hydrogens is 498 g/mol. The number of phenolic OH excluding ortho intramolecular Hbond substituents is 1. The van der Waals surface area contributed by atoms with Crippen molar-refractivity contribution < 1.29 is 39.3 Å². The molecule has 4 unspecified atom stereocenters. The largest absolute Gasteiger partial charge is 0.508 e. The first kappa shape index (κ1) is 32.3. The molecule has 0 heterocycles. The Balaban J connectivity index is 3.12. The zero-order valence-corrected chi connectivity index (χ0v) is 21.7. The molecule has 4 atom stereocenters. The second-order valence-electron chi connectivity index (χ2n) is 9.51. The molecule has 0 aliphatic heterocycles. The van der Waals surface area contributed by atoms with Crippen molar-refractivity contribution in [1.82, 2.24) is 16.0 Å². The fourth-order valence-electron chi connectivity index (χ4n) is 3.62. The highest BCUT2D eigenvalue weighted by Gasteiger charge is 2.31. The third-order valence-electron chi connectivity index (χ3n) is 5.65. The molecule has 38 heavy (non-hydrogen) atoms. The summed E-state index contributed by atoms with van der Waals surface area (Å²) in [5, 5.41) is 35.2. The van der Waals surface area contributed by atoms with E-state index in [0.29, 0.717) is 31.4 Å². The van der Waals surface area contributed by atoms with Crippen LogP contribution in [0, 0.1) is 5.92 Å². The molecule has 0 aromatic heterocycles. The third kappa shape index (κ3) is 12.0. The smallest absolute Gasteiger partial charge is 0.326 e. The zero-order chi connectivity index (χ0) is 28.8. The van der Waals surface area contributed by atoms with Gasteiger partial charge in [0.25, 0.3) is 0 Å². The number of phenols is 1. The average Bonchev–Trinajstić information content (AvgIpc) is 2.83. The van der Waals surface area contributed by atoms with Gasteiger partial charge in [-0.3, -0.25) is 19.2 Å². The first-order valence-electron chi connectivity index (χ1n) is 12.4.